The molecule has 0 aromatic rings. The summed E-state index contributed by atoms with van der Waals surface area (Å²) >= 11 is 0. The number of carbonyl (C=O) groups excluding carboxylic acids is 2. The first kappa shape index (κ1) is 12.7. The second-order valence-corrected chi connectivity index (χ2v) is 4.24. The van der Waals surface area contributed by atoms with E-state index < -0.39 is 0 Å². The van der Waals surface area contributed by atoms with Gasteiger partial charge in [0.15, 0.2) is 0 Å². The highest BCUT2D eigenvalue weighted by Gasteiger charge is 2.20. The van der Waals surface area contributed by atoms with Gasteiger partial charge in [-0.25, -0.2) is 5.43 Å². The Morgan fingerprint density at radius 3 is 2.69 bits per heavy atom. The third-order valence-electron chi connectivity index (χ3n) is 3.02. The Labute approximate surface area is 95.7 Å². The van der Waals surface area contributed by atoms with Gasteiger partial charge in [-0.05, 0) is 12.8 Å². The van der Waals surface area contributed by atoms with Gasteiger partial charge in [0.2, 0.25) is 5.91 Å². The Balaban J connectivity index is 2.49. The topological polar surface area (TPSA) is 70.6 Å². The van der Waals surface area contributed by atoms with Gasteiger partial charge in [-0.1, -0.05) is 20.3 Å². The molecule has 2 N–H and O–H groups in total. The van der Waals surface area contributed by atoms with E-state index in [2.05, 4.69) is 29.7 Å². The minimum absolute atomic E-state index is 0.123. The van der Waals surface area contributed by atoms with Crippen LogP contribution in [0.3, 0.4) is 0 Å². The summed E-state index contributed by atoms with van der Waals surface area (Å²) in [5.74, 6) is 0.127. The van der Waals surface area contributed by atoms with Crippen LogP contribution < -0.4 is 10.7 Å². The number of hydrogen-bond acceptors (Lipinski definition) is 3. The lowest BCUT2D eigenvalue weighted by molar-refractivity contribution is -0.121. The van der Waals surface area contributed by atoms with Crippen LogP contribution in [-0.2, 0) is 9.59 Å². The van der Waals surface area contributed by atoms with E-state index in [1.54, 1.807) is 0 Å². The molecule has 0 aromatic carbocycles. The Morgan fingerprint density at radius 2 is 2.19 bits per heavy atom. The minimum atomic E-state index is -0.173. The fourth-order valence-electron chi connectivity index (χ4n) is 1.42. The van der Waals surface area contributed by atoms with Gasteiger partial charge in [0, 0.05) is 18.9 Å². The van der Waals surface area contributed by atoms with E-state index >= 15 is 0 Å². The largest absolute Gasteiger partial charge is 0.348 e. The smallest absolute Gasteiger partial charge is 0.267 e. The lowest BCUT2D eigenvalue weighted by Gasteiger charge is -2.21. The van der Waals surface area contributed by atoms with Gasteiger partial charge in [0.1, 0.15) is 5.71 Å². The van der Waals surface area contributed by atoms with Crippen molar-refractivity contribution in [1.29, 1.82) is 0 Å². The Bertz CT molecular complexity index is 312. The molecule has 2 atom stereocenters. The van der Waals surface area contributed by atoms with Gasteiger partial charge in [-0.2, -0.15) is 5.10 Å². The van der Waals surface area contributed by atoms with Gasteiger partial charge in [0.25, 0.3) is 5.91 Å². The highest BCUT2D eigenvalue weighted by Crippen LogP contribution is 2.07. The summed E-state index contributed by atoms with van der Waals surface area (Å²) in [6.07, 6.45) is 1.78. The van der Waals surface area contributed by atoms with Crippen LogP contribution in [0.5, 0.6) is 0 Å². The molecule has 2 unspecified atom stereocenters. The summed E-state index contributed by atoms with van der Waals surface area (Å²) in [6, 6.07) is 0.123. The van der Waals surface area contributed by atoms with Crippen molar-refractivity contribution in [2.45, 2.75) is 46.1 Å². The van der Waals surface area contributed by atoms with Crippen LogP contribution in [0.4, 0.5) is 0 Å². The van der Waals surface area contributed by atoms with Gasteiger partial charge >= 0.3 is 0 Å². The highest BCUT2D eigenvalue weighted by atomic mass is 16.2. The molecule has 0 aliphatic carbocycles. The molecule has 1 aliphatic heterocycles. The van der Waals surface area contributed by atoms with Crippen LogP contribution in [0.15, 0.2) is 5.10 Å². The Hall–Kier alpha value is -1.39. The molecule has 1 rings (SSSR count). The van der Waals surface area contributed by atoms with Gasteiger partial charge in [-0.3, -0.25) is 9.59 Å². The Kier molecular flexibility index (Phi) is 4.46. The highest BCUT2D eigenvalue weighted by molar-refractivity contribution is 6.39. The van der Waals surface area contributed by atoms with Crippen molar-refractivity contribution in [2.75, 3.05) is 0 Å². The predicted molar refractivity (Wildman–Crippen MR) is 61.9 cm³/mol. The maximum atomic E-state index is 11.7. The van der Waals surface area contributed by atoms with Crippen molar-refractivity contribution in [3.05, 3.63) is 0 Å². The van der Waals surface area contributed by atoms with E-state index in [-0.39, 0.29) is 17.9 Å². The average molecular weight is 225 g/mol. The predicted octanol–water partition coefficient (Wildman–Crippen LogP) is 0.803. The fraction of sp³-hybridized carbons (Fsp3) is 0.727. The van der Waals surface area contributed by atoms with Crippen molar-refractivity contribution in [3.8, 4) is 0 Å². The SMILES string of the molecule is CCC(C)C(C)NC(=O)C1=NNC(=O)CC1. The van der Waals surface area contributed by atoms with Crippen LogP contribution in [0.25, 0.3) is 0 Å². The number of nitrogens with one attached hydrogen (secondary N) is 2. The van der Waals surface area contributed by atoms with Crippen molar-refractivity contribution in [3.63, 3.8) is 0 Å². The fourth-order valence-corrected chi connectivity index (χ4v) is 1.42. The van der Waals surface area contributed by atoms with Gasteiger partial charge in [-0.15, -0.1) is 0 Å². The Morgan fingerprint density at radius 1 is 1.50 bits per heavy atom. The third kappa shape index (κ3) is 3.32. The van der Waals surface area contributed by atoms with Gasteiger partial charge in [0.05, 0.1) is 0 Å². The zero-order valence-corrected chi connectivity index (χ0v) is 10.0. The molecule has 5 heteroatoms. The van der Waals surface area contributed by atoms with Crippen molar-refractivity contribution < 1.29 is 9.59 Å². The summed E-state index contributed by atoms with van der Waals surface area (Å²) in [6.45, 7) is 6.16. The first-order valence-electron chi connectivity index (χ1n) is 5.70. The number of hydrazone groups is 1. The van der Waals surface area contributed by atoms with Crippen LogP contribution in [0, 0.1) is 5.92 Å². The first-order valence-corrected chi connectivity index (χ1v) is 5.70. The van der Waals surface area contributed by atoms with Crippen LogP contribution >= 0.6 is 0 Å². The van der Waals surface area contributed by atoms with Crippen molar-refractivity contribution in [2.24, 2.45) is 11.0 Å². The minimum Gasteiger partial charge on any atom is -0.348 e. The monoisotopic (exact) mass is 225 g/mol. The number of carbonyl (C=O) groups is 2. The van der Waals surface area contributed by atoms with E-state index in [0.29, 0.717) is 24.5 Å². The first-order chi connectivity index (χ1) is 7.54. The molecule has 0 spiro atoms. The molecule has 5 nitrogen and oxygen atoms in total. The standard InChI is InChI=1S/C11H19N3O2/c1-4-7(2)8(3)12-11(16)9-5-6-10(15)14-13-9/h7-8H,4-6H2,1-3H3,(H,12,16)(H,14,15). The number of hydrogen-bond donors (Lipinski definition) is 2. The zero-order valence-electron chi connectivity index (χ0n) is 10.0. The zero-order chi connectivity index (χ0) is 12.1. The van der Waals surface area contributed by atoms with E-state index in [4.69, 9.17) is 0 Å². The van der Waals surface area contributed by atoms with E-state index in [1.807, 2.05) is 6.92 Å². The summed E-state index contributed by atoms with van der Waals surface area (Å²) in [4.78, 5) is 22.6. The normalized spacial score (nSPS) is 19.4. The third-order valence-corrected chi connectivity index (χ3v) is 3.02. The molecule has 0 saturated heterocycles. The molecular formula is C11H19N3O2. The summed E-state index contributed by atoms with van der Waals surface area (Å²) in [5, 5.41) is 6.65. The maximum Gasteiger partial charge on any atom is 0.267 e. The van der Waals surface area contributed by atoms with Crippen molar-refractivity contribution in [1.82, 2.24) is 10.7 Å². The van der Waals surface area contributed by atoms with E-state index in [1.165, 1.54) is 0 Å². The quantitative estimate of drug-likeness (QED) is 0.743. The molecule has 1 aliphatic rings. The molecule has 1 heterocycles. The summed E-state index contributed by atoms with van der Waals surface area (Å²) in [7, 11) is 0. The molecule has 0 fully saturated rings. The molecule has 0 aromatic heterocycles. The van der Waals surface area contributed by atoms with E-state index in [9.17, 15) is 9.59 Å². The molecule has 0 saturated carbocycles. The van der Waals surface area contributed by atoms with Crippen molar-refractivity contribution >= 4 is 17.5 Å². The average Bonchev–Trinajstić information content (AvgIpc) is 2.28. The van der Waals surface area contributed by atoms with Crippen LogP contribution in [-0.4, -0.2) is 23.6 Å². The van der Waals surface area contributed by atoms with Crippen LogP contribution in [0.1, 0.15) is 40.0 Å². The second kappa shape index (κ2) is 5.63. The molecule has 0 bridgehead atoms. The number of rotatable bonds is 4. The summed E-state index contributed by atoms with van der Waals surface area (Å²) in [5.41, 5.74) is 2.73. The molecule has 90 valence electrons. The summed E-state index contributed by atoms with van der Waals surface area (Å²) < 4.78 is 0. The lowest BCUT2D eigenvalue weighted by Crippen LogP contribution is -2.43. The molecule has 16 heavy (non-hydrogen) atoms. The molecule has 0 radical (unpaired) electrons. The van der Waals surface area contributed by atoms with Gasteiger partial charge < -0.3 is 5.32 Å². The van der Waals surface area contributed by atoms with Crippen LogP contribution in [0.2, 0.25) is 0 Å². The molecule has 2 amide bonds. The molecular weight excluding hydrogens is 206 g/mol. The van der Waals surface area contributed by atoms with E-state index in [0.717, 1.165) is 6.42 Å². The maximum absolute atomic E-state index is 11.7. The number of amides is 2. The second-order valence-electron chi connectivity index (χ2n) is 4.24. The number of nitrogens with zero attached hydrogens (tertiary/aromatic N) is 1. The lowest BCUT2D eigenvalue weighted by atomic mass is 10.0.